The molecule has 2 fully saturated rings. The van der Waals surface area contributed by atoms with Crippen LogP contribution in [0.3, 0.4) is 0 Å². The van der Waals surface area contributed by atoms with E-state index < -0.39 is 17.8 Å². The van der Waals surface area contributed by atoms with Crippen LogP contribution in [0.25, 0.3) is 0 Å². The van der Waals surface area contributed by atoms with E-state index in [-0.39, 0.29) is 12.5 Å². The number of ether oxygens (including phenoxy) is 1. The van der Waals surface area contributed by atoms with Crippen molar-refractivity contribution in [1.82, 2.24) is 30.3 Å². The molecule has 2 amide bonds. The molecule has 2 unspecified atom stereocenters. The summed E-state index contributed by atoms with van der Waals surface area (Å²) in [6.45, 7) is 6.54. The number of hydrogen-bond donors (Lipinski definition) is 4. The number of hydrogen-bond acceptors (Lipinski definition) is 9. The fourth-order valence-electron chi connectivity index (χ4n) is 5.04. The Kier molecular flexibility index (Phi) is 7.38. The molecule has 0 bridgehead atoms. The van der Waals surface area contributed by atoms with Crippen LogP contribution in [0.1, 0.15) is 34.1 Å². The lowest BCUT2D eigenvalue weighted by atomic mass is 9.99. The number of rotatable bonds is 5. The summed E-state index contributed by atoms with van der Waals surface area (Å²) < 4.78 is 5.23. The highest BCUT2D eigenvalue weighted by Gasteiger charge is 2.48. The molecule has 0 radical (unpaired) electrons. The molecule has 12 heteroatoms. The van der Waals surface area contributed by atoms with E-state index in [0.717, 1.165) is 38.3 Å². The number of likely N-dealkylation sites (N-methyl/N-ethyl adjacent to an activating group) is 1. The molecule has 0 aliphatic carbocycles. The summed E-state index contributed by atoms with van der Waals surface area (Å²) in [5.41, 5.74) is 0.818. The van der Waals surface area contributed by atoms with Gasteiger partial charge in [-0.1, -0.05) is 30.0 Å². The second-order valence-electron chi connectivity index (χ2n) is 9.64. The van der Waals surface area contributed by atoms with Crippen LogP contribution in [-0.2, 0) is 11.3 Å². The van der Waals surface area contributed by atoms with Crippen LogP contribution < -0.4 is 15.4 Å². The van der Waals surface area contributed by atoms with Crippen molar-refractivity contribution in [3.63, 3.8) is 0 Å². The molecule has 2 aromatic rings. The maximum absolute atomic E-state index is 13.1. The van der Waals surface area contributed by atoms with Gasteiger partial charge in [-0.3, -0.25) is 14.6 Å². The van der Waals surface area contributed by atoms with Crippen molar-refractivity contribution in [1.29, 1.82) is 0 Å². The number of fused-ring (bicyclic) bond motifs is 1. The number of pyridine rings is 1. The zero-order valence-corrected chi connectivity index (χ0v) is 21.8. The number of amidine groups is 1. The van der Waals surface area contributed by atoms with Gasteiger partial charge in [0.2, 0.25) is 0 Å². The molecule has 3 aliphatic rings. The van der Waals surface area contributed by atoms with Crippen LogP contribution in [0.2, 0.25) is 0 Å². The van der Waals surface area contributed by atoms with Crippen LogP contribution in [0.4, 0.5) is 0 Å². The number of oxime groups is 1. The molecule has 5 rings (SSSR count). The Labute approximate surface area is 226 Å². The third-order valence-corrected chi connectivity index (χ3v) is 7.29. The van der Waals surface area contributed by atoms with E-state index in [9.17, 15) is 19.9 Å². The highest BCUT2D eigenvalue weighted by molar-refractivity contribution is 6.00. The van der Waals surface area contributed by atoms with Crippen molar-refractivity contribution in [3.8, 4) is 17.6 Å². The molecule has 204 valence electrons. The van der Waals surface area contributed by atoms with Crippen LogP contribution in [0.5, 0.6) is 5.75 Å². The van der Waals surface area contributed by atoms with Gasteiger partial charge in [-0.2, -0.15) is 0 Å². The van der Waals surface area contributed by atoms with E-state index in [4.69, 9.17) is 4.74 Å². The predicted octanol–water partition coefficient (Wildman–Crippen LogP) is -0.395. The van der Waals surface area contributed by atoms with Gasteiger partial charge in [0.15, 0.2) is 17.7 Å². The number of aromatic nitrogens is 1. The van der Waals surface area contributed by atoms with Gasteiger partial charge in [0.05, 0.1) is 13.7 Å². The lowest BCUT2D eigenvalue weighted by molar-refractivity contribution is -0.123. The molecule has 0 saturated carbocycles. The SMILES string of the molecule is CCN1CCN(C(=NO)c2ccc(C#CC3(CN4Cc5ccc(OC)cc5C4=O)NC(O)NC3=O)cn2)CC1. The summed E-state index contributed by atoms with van der Waals surface area (Å²) in [4.78, 5) is 36.3. The van der Waals surface area contributed by atoms with Crippen LogP contribution in [0, 0.1) is 11.8 Å². The Morgan fingerprint density at radius 3 is 2.64 bits per heavy atom. The third-order valence-electron chi connectivity index (χ3n) is 7.29. The largest absolute Gasteiger partial charge is 0.497 e. The third kappa shape index (κ3) is 5.24. The van der Waals surface area contributed by atoms with Gasteiger partial charge < -0.3 is 35.1 Å². The number of aliphatic hydroxyl groups excluding tert-OH is 1. The number of methoxy groups -OCH3 is 1. The maximum atomic E-state index is 13.1. The number of carbonyl (C=O) groups excluding carboxylic acids is 2. The van der Waals surface area contributed by atoms with Crippen molar-refractivity contribution in [2.24, 2.45) is 5.16 Å². The summed E-state index contributed by atoms with van der Waals surface area (Å²) >= 11 is 0. The number of amides is 2. The molecule has 3 aliphatic heterocycles. The average molecular weight is 534 g/mol. The van der Waals surface area contributed by atoms with E-state index in [1.807, 2.05) is 11.0 Å². The lowest BCUT2D eigenvalue weighted by Crippen LogP contribution is -2.54. The molecule has 0 spiro atoms. The molecule has 4 N–H and O–H groups in total. The van der Waals surface area contributed by atoms with Gasteiger partial charge in [0.1, 0.15) is 11.4 Å². The Morgan fingerprint density at radius 1 is 1.23 bits per heavy atom. The summed E-state index contributed by atoms with van der Waals surface area (Å²) in [5, 5.41) is 28.5. The normalized spacial score (nSPS) is 23.4. The zero-order chi connectivity index (χ0) is 27.6. The molecular formula is C27H31N7O5. The summed E-state index contributed by atoms with van der Waals surface area (Å²) in [7, 11) is 1.53. The Balaban J connectivity index is 1.34. The van der Waals surface area contributed by atoms with E-state index in [1.165, 1.54) is 18.2 Å². The minimum absolute atomic E-state index is 0.0741. The van der Waals surface area contributed by atoms with Gasteiger partial charge in [0, 0.05) is 50.0 Å². The van der Waals surface area contributed by atoms with E-state index in [1.54, 1.807) is 24.3 Å². The van der Waals surface area contributed by atoms with Crippen molar-refractivity contribution < 1.29 is 24.6 Å². The summed E-state index contributed by atoms with van der Waals surface area (Å²) in [5.74, 6) is 6.08. The van der Waals surface area contributed by atoms with E-state index >= 15 is 0 Å². The number of nitrogens with zero attached hydrogens (tertiary/aromatic N) is 5. The topological polar surface area (TPSA) is 143 Å². The monoisotopic (exact) mass is 533 g/mol. The Bertz CT molecular complexity index is 1340. The average Bonchev–Trinajstić information content (AvgIpc) is 3.42. The van der Waals surface area contributed by atoms with E-state index in [2.05, 4.69) is 44.4 Å². The number of carbonyl (C=O) groups is 2. The van der Waals surface area contributed by atoms with Crippen molar-refractivity contribution in [2.75, 3.05) is 46.4 Å². The quantitative estimate of drug-likeness (QED) is 0.133. The predicted molar refractivity (Wildman–Crippen MR) is 141 cm³/mol. The van der Waals surface area contributed by atoms with Crippen molar-refractivity contribution in [2.45, 2.75) is 25.4 Å². The Hall–Kier alpha value is -4.18. The van der Waals surface area contributed by atoms with Gasteiger partial charge in [-0.25, -0.2) is 5.32 Å². The summed E-state index contributed by atoms with van der Waals surface area (Å²) in [6.07, 6.45) is 0.236. The van der Waals surface area contributed by atoms with Crippen molar-refractivity contribution in [3.05, 3.63) is 58.9 Å². The first kappa shape index (κ1) is 26.4. The van der Waals surface area contributed by atoms with Crippen LogP contribution >= 0.6 is 0 Å². The lowest BCUT2D eigenvalue weighted by Gasteiger charge is -2.35. The molecule has 39 heavy (non-hydrogen) atoms. The number of benzene rings is 1. The Morgan fingerprint density at radius 2 is 2.03 bits per heavy atom. The molecular weight excluding hydrogens is 502 g/mol. The summed E-state index contributed by atoms with van der Waals surface area (Å²) in [6, 6.07) is 8.71. The number of piperazine rings is 1. The first-order valence-electron chi connectivity index (χ1n) is 12.8. The van der Waals surface area contributed by atoms with Gasteiger partial charge in [-0.15, -0.1) is 0 Å². The second kappa shape index (κ2) is 10.9. The van der Waals surface area contributed by atoms with Crippen LogP contribution in [0.15, 0.2) is 41.7 Å². The zero-order valence-electron chi connectivity index (χ0n) is 21.8. The minimum atomic E-state index is -1.53. The fraction of sp³-hybridized carbons (Fsp3) is 0.407. The fourth-order valence-corrected chi connectivity index (χ4v) is 5.04. The molecule has 4 heterocycles. The smallest absolute Gasteiger partial charge is 0.257 e. The van der Waals surface area contributed by atoms with Gasteiger partial charge in [0.25, 0.3) is 11.8 Å². The maximum Gasteiger partial charge on any atom is 0.257 e. The standard InChI is InChI=1S/C27H31N7O5/c1-3-32-10-12-33(13-11-32)23(31-38)22-7-4-18(15-28-22)8-9-27(25(36)29-26(37)30-27)17-34-16-19-5-6-20(39-2)14-21(19)24(34)35/h4-7,14-15,26,30,37-38H,3,10-13,16-17H2,1-2H3,(H,29,36). The van der Waals surface area contributed by atoms with Gasteiger partial charge >= 0.3 is 0 Å². The molecule has 2 atom stereocenters. The first-order valence-corrected chi connectivity index (χ1v) is 12.8. The highest BCUT2D eigenvalue weighted by Crippen LogP contribution is 2.28. The van der Waals surface area contributed by atoms with Crippen molar-refractivity contribution >= 4 is 17.6 Å². The second-order valence-corrected chi connectivity index (χ2v) is 9.64. The molecule has 1 aromatic carbocycles. The highest BCUT2D eigenvalue weighted by atomic mass is 16.5. The van der Waals surface area contributed by atoms with Gasteiger partial charge in [-0.05, 0) is 36.4 Å². The first-order chi connectivity index (χ1) is 18.9. The number of nitrogens with one attached hydrogen (secondary N) is 2. The minimum Gasteiger partial charge on any atom is -0.497 e. The van der Waals surface area contributed by atoms with E-state index in [0.29, 0.717) is 35.0 Å². The molecule has 12 nitrogen and oxygen atoms in total. The number of aliphatic hydroxyl groups is 1. The molecule has 1 aromatic heterocycles. The molecule has 2 saturated heterocycles. The van der Waals surface area contributed by atoms with Crippen LogP contribution in [-0.4, -0.2) is 106 Å².